The molecule has 132 valence electrons. The van der Waals surface area contributed by atoms with Gasteiger partial charge in [0.05, 0.1) is 7.11 Å². The quantitative estimate of drug-likeness (QED) is 0.840. The maximum absolute atomic E-state index is 13.2. The largest absolute Gasteiger partial charge is 0.496 e. The fourth-order valence-corrected chi connectivity index (χ4v) is 2.42. The van der Waals surface area contributed by atoms with Crippen molar-refractivity contribution in [2.75, 3.05) is 20.2 Å². The average molecular weight is 344 g/mol. The van der Waals surface area contributed by atoms with Gasteiger partial charge in [-0.25, -0.2) is 4.39 Å². The maximum Gasteiger partial charge on any atom is 0.251 e. The normalized spacial score (nSPS) is 10.2. The van der Waals surface area contributed by atoms with Crippen LogP contribution in [-0.4, -0.2) is 36.9 Å². The number of carbonyl (C=O) groups excluding carboxylic acids is 2. The van der Waals surface area contributed by atoms with E-state index in [1.807, 2.05) is 24.3 Å². The van der Waals surface area contributed by atoms with Crippen LogP contribution in [-0.2, 0) is 11.3 Å². The molecule has 2 amide bonds. The minimum atomic E-state index is -0.464. The number of benzene rings is 2. The van der Waals surface area contributed by atoms with E-state index >= 15 is 0 Å². The SMILES string of the molecule is COc1ccccc1CN(CCNC(=O)c1cccc(F)c1)C(C)=O. The summed E-state index contributed by atoms with van der Waals surface area (Å²) in [5, 5.41) is 2.70. The lowest BCUT2D eigenvalue weighted by molar-refractivity contribution is -0.129. The van der Waals surface area contributed by atoms with Crippen molar-refractivity contribution in [3.05, 3.63) is 65.5 Å². The van der Waals surface area contributed by atoms with Crippen molar-refractivity contribution in [3.8, 4) is 5.75 Å². The minimum absolute atomic E-state index is 0.106. The molecule has 0 aromatic heterocycles. The van der Waals surface area contributed by atoms with E-state index in [0.717, 1.165) is 5.56 Å². The summed E-state index contributed by atoms with van der Waals surface area (Å²) >= 11 is 0. The number of hydrogen-bond donors (Lipinski definition) is 1. The molecule has 2 rings (SSSR count). The van der Waals surface area contributed by atoms with Crippen molar-refractivity contribution >= 4 is 11.8 Å². The lowest BCUT2D eigenvalue weighted by Gasteiger charge is -2.22. The van der Waals surface area contributed by atoms with Gasteiger partial charge in [0, 0.05) is 37.7 Å². The summed E-state index contributed by atoms with van der Waals surface area (Å²) in [4.78, 5) is 25.5. The molecule has 2 aromatic carbocycles. The highest BCUT2D eigenvalue weighted by Gasteiger charge is 2.13. The van der Waals surface area contributed by atoms with Crippen LogP contribution >= 0.6 is 0 Å². The highest BCUT2D eigenvalue weighted by Crippen LogP contribution is 2.19. The van der Waals surface area contributed by atoms with E-state index < -0.39 is 5.82 Å². The van der Waals surface area contributed by atoms with Gasteiger partial charge in [-0.1, -0.05) is 24.3 Å². The van der Waals surface area contributed by atoms with Crippen LogP contribution in [0.1, 0.15) is 22.8 Å². The molecule has 0 fully saturated rings. The Labute approximate surface area is 146 Å². The van der Waals surface area contributed by atoms with Gasteiger partial charge in [-0.05, 0) is 24.3 Å². The number of para-hydroxylation sites is 1. The summed E-state index contributed by atoms with van der Waals surface area (Å²) in [6.45, 7) is 2.47. The van der Waals surface area contributed by atoms with E-state index in [1.165, 1.54) is 31.2 Å². The number of rotatable bonds is 7. The number of hydrogen-bond acceptors (Lipinski definition) is 3. The molecule has 2 aromatic rings. The summed E-state index contributed by atoms with van der Waals surface area (Å²) in [5.41, 5.74) is 1.13. The first-order valence-corrected chi connectivity index (χ1v) is 7.92. The molecule has 0 saturated carbocycles. The third-order valence-electron chi connectivity index (χ3n) is 3.75. The lowest BCUT2D eigenvalue weighted by atomic mass is 10.2. The predicted octanol–water partition coefficient (Wildman–Crippen LogP) is 2.61. The molecule has 0 atom stereocenters. The van der Waals surface area contributed by atoms with Crippen LogP contribution in [0.5, 0.6) is 5.75 Å². The first kappa shape index (κ1) is 18.4. The number of halogens is 1. The maximum atomic E-state index is 13.2. The van der Waals surface area contributed by atoms with E-state index in [-0.39, 0.29) is 23.9 Å². The molecule has 0 spiro atoms. The first-order valence-electron chi connectivity index (χ1n) is 7.92. The van der Waals surface area contributed by atoms with Crippen molar-refractivity contribution in [2.24, 2.45) is 0 Å². The number of nitrogens with zero attached hydrogens (tertiary/aromatic N) is 1. The molecule has 0 radical (unpaired) electrons. The number of methoxy groups -OCH3 is 1. The van der Waals surface area contributed by atoms with E-state index in [9.17, 15) is 14.0 Å². The van der Waals surface area contributed by atoms with Crippen LogP contribution in [0.25, 0.3) is 0 Å². The van der Waals surface area contributed by atoms with Crippen LogP contribution in [0.2, 0.25) is 0 Å². The van der Waals surface area contributed by atoms with Crippen molar-refractivity contribution < 1.29 is 18.7 Å². The van der Waals surface area contributed by atoms with Gasteiger partial charge in [0.2, 0.25) is 5.91 Å². The van der Waals surface area contributed by atoms with Crippen LogP contribution in [0, 0.1) is 5.82 Å². The van der Waals surface area contributed by atoms with Gasteiger partial charge in [0.25, 0.3) is 5.91 Å². The Morgan fingerprint density at radius 2 is 1.92 bits per heavy atom. The van der Waals surface area contributed by atoms with Crippen LogP contribution < -0.4 is 10.1 Å². The van der Waals surface area contributed by atoms with E-state index in [4.69, 9.17) is 4.74 Å². The molecular weight excluding hydrogens is 323 g/mol. The Kier molecular flexibility index (Phi) is 6.51. The summed E-state index contributed by atoms with van der Waals surface area (Å²) in [6, 6.07) is 12.9. The Morgan fingerprint density at radius 1 is 1.16 bits per heavy atom. The number of ether oxygens (including phenoxy) is 1. The van der Waals surface area contributed by atoms with Gasteiger partial charge in [0.1, 0.15) is 11.6 Å². The fourth-order valence-electron chi connectivity index (χ4n) is 2.42. The van der Waals surface area contributed by atoms with Gasteiger partial charge in [0.15, 0.2) is 0 Å². The van der Waals surface area contributed by atoms with Crippen LogP contribution in [0.15, 0.2) is 48.5 Å². The van der Waals surface area contributed by atoms with Crippen LogP contribution in [0.3, 0.4) is 0 Å². The molecule has 0 heterocycles. The topological polar surface area (TPSA) is 58.6 Å². The highest BCUT2D eigenvalue weighted by atomic mass is 19.1. The molecule has 5 nitrogen and oxygen atoms in total. The van der Waals surface area contributed by atoms with Crippen molar-refractivity contribution in [3.63, 3.8) is 0 Å². The standard InChI is InChI=1S/C19H21FN2O3/c1-14(23)22(13-16-6-3-4-9-18(16)25-2)11-10-21-19(24)15-7-5-8-17(20)12-15/h3-9,12H,10-11,13H2,1-2H3,(H,21,24). The number of carbonyl (C=O) groups is 2. The first-order chi connectivity index (χ1) is 12.0. The van der Waals surface area contributed by atoms with Gasteiger partial charge in [-0.3, -0.25) is 9.59 Å². The molecule has 0 aliphatic rings. The zero-order valence-electron chi connectivity index (χ0n) is 14.3. The van der Waals surface area contributed by atoms with Crippen molar-refractivity contribution in [2.45, 2.75) is 13.5 Å². The lowest BCUT2D eigenvalue weighted by Crippen LogP contribution is -2.37. The third kappa shape index (κ3) is 5.31. The molecular formula is C19H21FN2O3. The van der Waals surface area contributed by atoms with E-state index in [2.05, 4.69) is 5.32 Å². The predicted molar refractivity (Wildman–Crippen MR) is 92.8 cm³/mol. The summed E-state index contributed by atoms with van der Waals surface area (Å²) < 4.78 is 18.4. The Morgan fingerprint density at radius 3 is 2.60 bits per heavy atom. The zero-order chi connectivity index (χ0) is 18.2. The van der Waals surface area contributed by atoms with Crippen molar-refractivity contribution in [1.29, 1.82) is 0 Å². The molecule has 6 heteroatoms. The monoisotopic (exact) mass is 344 g/mol. The third-order valence-corrected chi connectivity index (χ3v) is 3.75. The summed E-state index contributed by atoms with van der Waals surface area (Å²) in [6.07, 6.45) is 0. The second-order valence-electron chi connectivity index (χ2n) is 5.52. The average Bonchev–Trinajstić information content (AvgIpc) is 2.61. The van der Waals surface area contributed by atoms with Gasteiger partial charge < -0.3 is 15.0 Å². The molecule has 0 unspecified atom stereocenters. The Hall–Kier alpha value is -2.89. The fraction of sp³-hybridized carbons (Fsp3) is 0.263. The molecule has 0 saturated heterocycles. The Balaban J connectivity index is 1.94. The molecule has 0 bridgehead atoms. The van der Waals surface area contributed by atoms with E-state index in [1.54, 1.807) is 12.0 Å². The summed E-state index contributed by atoms with van der Waals surface area (Å²) in [5.74, 6) is -0.238. The highest BCUT2D eigenvalue weighted by molar-refractivity contribution is 5.94. The van der Waals surface area contributed by atoms with Gasteiger partial charge >= 0.3 is 0 Å². The Bertz CT molecular complexity index is 749. The number of amides is 2. The van der Waals surface area contributed by atoms with Gasteiger partial charge in [-0.15, -0.1) is 0 Å². The molecule has 25 heavy (non-hydrogen) atoms. The molecule has 0 aliphatic heterocycles. The summed E-state index contributed by atoms with van der Waals surface area (Å²) in [7, 11) is 1.58. The second-order valence-corrected chi connectivity index (χ2v) is 5.52. The van der Waals surface area contributed by atoms with Crippen LogP contribution in [0.4, 0.5) is 4.39 Å². The smallest absolute Gasteiger partial charge is 0.251 e. The zero-order valence-corrected chi connectivity index (χ0v) is 14.3. The van der Waals surface area contributed by atoms with Crippen molar-refractivity contribution in [1.82, 2.24) is 10.2 Å². The molecule has 0 aliphatic carbocycles. The van der Waals surface area contributed by atoms with Gasteiger partial charge in [-0.2, -0.15) is 0 Å². The second kappa shape index (κ2) is 8.82. The molecule has 1 N–H and O–H groups in total. The van der Waals surface area contributed by atoms with E-state index in [0.29, 0.717) is 18.8 Å². The number of nitrogens with one attached hydrogen (secondary N) is 1. The minimum Gasteiger partial charge on any atom is -0.496 e.